The number of nitrogens with one attached hydrogen (secondary N) is 1. The maximum absolute atomic E-state index is 12.2. The molecule has 0 aliphatic carbocycles. The van der Waals surface area contributed by atoms with Gasteiger partial charge in [-0.25, -0.2) is 0 Å². The van der Waals surface area contributed by atoms with Gasteiger partial charge in [-0.3, -0.25) is 4.79 Å². The molecule has 21 heavy (non-hydrogen) atoms. The van der Waals surface area contributed by atoms with Gasteiger partial charge in [0.05, 0.1) is 8.07 Å². The molecule has 0 unspecified atom stereocenters. The standard InChI is InChI=1S/C18H23NOSi/c1-14-7-5-6-8-17(14)18(20)19-13-15-9-11-16(12-10-15)21(2,3)4/h5-12H,13H2,1-4H3,(H,19,20). The van der Waals surface area contributed by atoms with E-state index in [0.29, 0.717) is 6.54 Å². The molecule has 0 spiro atoms. The third kappa shape index (κ3) is 4.05. The van der Waals surface area contributed by atoms with Gasteiger partial charge in [-0.2, -0.15) is 0 Å². The Balaban J connectivity index is 2.00. The quantitative estimate of drug-likeness (QED) is 0.860. The van der Waals surface area contributed by atoms with Crippen LogP contribution in [-0.4, -0.2) is 14.0 Å². The molecule has 1 amide bonds. The Morgan fingerprint density at radius 1 is 1.00 bits per heavy atom. The maximum Gasteiger partial charge on any atom is 0.251 e. The lowest BCUT2D eigenvalue weighted by Crippen LogP contribution is -2.37. The third-order valence-electron chi connectivity index (χ3n) is 3.66. The number of carbonyl (C=O) groups is 1. The third-order valence-corrected chi connectivity index (χ3v) is 5.73. The molecule has 3 heteroatoms. The molecule has 0 atom stereocenters. The van der Waals surface area contributed by atoms with E-state index in [9.17, 15) is 4.79 Å². The smallest absolute Gasteiger partial charge is 0.251 e. The summed E-state index contributed by atoms with van der Waals surface area (Å²) in [5.74, 6) is -0.0117. The zero-order chi connectivity index (χ0) is 15.5. The van der Waals surface area contributed by atoms with E-state index in [-0.39, 0.29) is 5.91 Å². The van der Waals surface area contributed by atoms with E-state index in [1.54, 1.807) is 0 Å². The van der Waals surface area contributed by atoms with Crippen LogP contribution >= 0.6 is 0 Å². The lowest BCUT2D eigenvalue weighted by molar-refractivity contribution is 0.0950. The van der Waals surface area contributed by atoms with Crippen LogP contribution in [0.25, 0.3) is 0 Å². The summed E-state index contributed by atoms with van der Waals surface area (Å²) in [5.41, 5.74) is 2.89. The van der Waals surface area contributed by atoms with Crippen molar-refractivity contribution in [2.75, 3.05) is 0 Å². The van der Waals surface area contributed by atoms with Crippen LogP contribution in [0.5, 0.6) is 0 Å². The predicted molar refractivity (Wildman–Crippen MR) is 91.8 cm³/mol. The zero-order valence-electron chi connectivity index (χ0n) is 13.2. The van der Waals surface area contributed by atoms with Gasteiger partial charge in [-0.1, -0.05) is 67.3 Å². The number of rotatable bonds is 4. The van der Waals surface area contributed by atoms with Crippen molar-refractivity contribution in [1.29, 1.82) is 0 Å². The molecule has 0 radical (unpaired) electrons. The molecule has 0 saturated heterocycles. The van der Waals surface area contributed by atoms with Crippen LogP contribution in [0.15, 0.2) is 48.5 Å². The first-order valence-corrected chi connectivity index (χ1v) is 10.8. The Morgan fingerprint density at radius 3 is 2.19 bits per heavy atom. The second kappa shape index (κ2) is 6.27. The number of benzene rings is 2. The Hall–Kier alpha value is -1.87. The minimum Gasteiger partial charge on any atom is -0.348 e. The fourth-order valence-electron chi connectivity index (χ4n) is 2.23. The molecule has 0 aliphatic heterocycles. The van der Waals surface area contributed by atoms with Crippen molar-refractivity contribution in [1.82, 2.24) is 5.32 Å². The molecular formula is C18H23NOSi. The molecule has 0 aliphatic rings. The Labute approximate surface area is 128 Å². The Bertz CT molecular complexity index is 626. The monoisotopic (exact) mass is 297 g/mol. The van der Waals surface area contributed by atoms with E-state index in [4.69, 9.17) is 0 Å². The van der Waals surface area contributed by atoms with Crippen LogP contribution in [0.4, 0.5) is 0 Å². The van der Waals surface area contributed by atoms with Crippen LogP contribution < -0.4 is 10.5 Å². The normalized spacial score (nSPS) is 11.2. The topological polar surface area (TPSA) is 29.1 Å². The van der Waals surface area contributed by atoms with Gasteiger partial charge >= 0.3 is 0 Å². The van der Waals surface area contributed by atoms with Crippen LogP contribution in [0.1, 0.15) is 21.5 Å². The largest absolute Gasteiger partial charge is 0.348 e. The highest BCUT2D eigenvalue weighted by molar-refractivity contribution is 6.88. The Morgan fingerprint density at radius 2 is 1.62 bits per heavy atom. The summed E-state index contributed by atoms with van der Waals surface area (Å²) in [4.78, 5) is 12.2. The van der Waals surface area contributed by atoms with Gasteiger partial charge in [0.1, 0.15) is 0 Å². The molecular weight excluding hydrogens is 274 g/mol. The van der Waals surface area contributed by atoms with E-state index < -0.39 is 8.07 Å². The number of amides is 1. The molecule has 2 nitrogen and oxygen atoms in total. The van der Waals surface area contributed by atoms with Crippen molar-refractivity contribution < 1.29 is 4.79 Å². The second-order valence-electron chi connectivity index (χ2n) is 6.44. The van der Waals surface area contributed by atoms with E-state index in [0.717, 1.165) is 16.7 Å². The lowest BCUT2D eigenvalue weighted by Gasteiger charge is -2.17. The molecule has 0 saturated carbocycles. The summed E-state index contributed by atoms with van der Waals surface area (Å²) in [6.45, 7) is 9.53. The summed E-state index contributed by atoms with van der Waals surface area (Å²) in [5, 5.41) is 4.43. The van der Waals surface area contributed by atoms with E-state index in [1.807, 2.05) is 31.2 Å². The first kappa shape index (κ1) is 15.5. The van der Waals surface area contributed by atoms with Crippen molar-refractivity contribution in [3.63, 3.8) is 0 Å². The van der Waals surface area contributed by atoms with E-state index in [2.05, 4.69) is 49.2 Å². The molecule has 0 bridgehead atoms. The van der Waals surface area contributed by atoms with Gasteiger partial charge in [0.25, 0.3) is 5.91 Å². The van der Waals surface area contributed by atoms with E-state index >= 15 is 0 Å². The maximum atomic E-state index is 12.2. The predicted octanol–water partition coefficient (Wildman–Crippen LogP) is 3.47. The number of carbonyl (C=O) groups excluding carboxylic acids is 1. The molecule has 2 aromatic carbocycles. The highest BCUT2D eigenvalue weighted by Crippen LogP contribution is 2.08. The average molecular weight is 297 g/mol. The lowest BCUT2D eigenvalue weighted by atomic mass is 10.1. The molecule has 0 aromatic heterocycles. The van der Waals surface area contributed by atoms with Crippen molar-refractivity contribution in [2.24, 2.45) is 0 Å². The molecule has 2 aromatic rings. The molecule has 0 heterocycles. The van der Waals surface area contributed by atoms with Crippen molar-refractivity contribution in [3.8, 4) is 0 Å². The molecule has 0 fully saturated rings. The summed E-state index contributed by atoms with van der Waals surface area (Å²) in [7, 11) is -1.25. The van der Waals surface area contributed by atoms with Gasteiger partial charge in [0, 0.05) is 12.1 Å². The van der Waals surface area contributed by atoms with Crippen LogP contribution in [0, 0.1) is 6.92 Å². The van der Waals surface area contributed by atoms with Gasteiger partial charge in [0.15, 0.2) is 0 Å². The molecule has 110 valence electrons. The van der Waals surface area contributed by atoms with E-state index in [1.165, 1.54) is 5.19 Å². The Kier molecular flexibility index (Phi) is 4.63. The van der Waals surface area contributed by atoms with Crippen LogP contribution in [-0.2, 0) is 6.54 Å². The highest BCUT2D eigenvalue weighted by Gasteiger charge is 2.15. The first-order chi connectivity index (χ1) is 9.88. The van der Waals surface area contributed by atoms with Gasteiger partial charge in [-0.15, -0.1) is 0 Å². The summed E-state index contributed by atoms with van der Waals surface area (Å²) in [6.07, 6.45) is 0. The first-order valence-electron chi connectivity index (χ1n) is 7.31. The molecule has 1 N–H and O–H groups in total. The summed E-state index contributed by atoms with van der Waals surface area (Å²) < 4.78 is 0. The summed E-state index contributed by atoms with van der Waals surface area (Å²) in [6, 6.07) is 16.3. The summed E-state index contributed by atoms with van der Waals surface area (Å²) >= 11 is 0. The van der Waals surface area contributed by atoms with Crippen LogP contribution in [0.3, 0.4) is 0 Å². The minimum absolute atomic E-state index is 0.0117. The SMILES string of the molecule is Cc1ccccc1C(=O)NCc1ccc([Si](C)(C)C)cc1. The number of hydrogen-bond acceptors (Lipinski definition) is 1. The van der Waals surface area contributed by atoms with Crippen molar-refractivity contribution in [3.05, 3.63) is 65.2 Å². The highest BCUT2D eigenvalue weighted by atomic mass is 28.3. The van der Waals surface area contributed by atoms with Crippen molar-refractivity contribution in [2.45, 2.75) is 33.1 Å². The number of aryl methyl sites for hydroxylation is 1. The second-order valence-corrected chi connectivity index (χ2v) is 11.5. The minimum atomic E-state index is -1.25. The van der Waals surface area contributed by atoms with Crippen LogP contribution in [0.2, 0.25) is 19.6 Å². The van der Waals surface area contributed by atoms with Gasteiger partial charge < -0.3 is 5.32 Å². The number of hydrogen-bond donors (Lipinski definition) is 1. The van der Waals surface area contributed by atoms with Gasteiger partial charge in [0.2, 0.25) is 0 Å². The zero-order valence-corrected chi connectivity index (χ0v) is 14.2. The average Bonchev–Trinajstić information content (AvgIpc) is 2.45. The fraction of sp³-hybridized carbons (Fsp3) is 0.278. The molecule has 2 rings (SSSR count). The van der Waals surface area contributed by atoms with Crippen molar-refractivity contribution >= 4 is 19.2 Å². The fourth-order valence-corrected chi connectivity index (χ4v) is 3.39. The van der Waals surface area contributed by atoms with Gasteiger partial charge in [-0.05, 0) is 24.1 Å².